The molecular formula is C30H39ClN8. The van der Waals surface area contributed by atoms with Crippen LogP contribution < -0.4 is 0 Å². The fourth-order valence-electron chi connectivity index (χ4n) is 6.58. The Balaban J connectivity index is 1.37. The molecule has 8 nitrogen and oxygen atoms in total. The second kappa shape index (κ2) is 12.0. The number of unbranched alkanes of at least 4 members (excludes halogenated alkanes) is 1. The summed E-state index contributed by atoms with van der Waals surface area (Å²) in [6.45, 7) is 2.78. The van der Waals surface area contributed by atoms with E-state index in [1.807, 2.05) is 0 Å². The predicted octanol–water partition coefficient (Wildman–Crippen LogP) is 7.39. The summed E-state index contributed by atoms with van der Waals surface area (Å²) < 4.78 is 4.25. The van der Waals surface area contributed by atoms with Crippen molar-refractivity contribution in [3.63, 3.8) is 0 Å². The maximum absolute atomic E-state index is 6.42. The lowest BCUT2D eigenvalue weighted by Gasteiger charge is -2.24. The van der Waals surface area contributed by atoms with E-state index in [2.05, 4.69) is 72.5 Å². The van der Waals surface area contributed by atoms with Gasteiger partial charge in [-0.1, -0.05) is 64.0 Å². The molecule has 6 rings (SSSR count). The standard InChI is InChI=1S/C30H39ClN8/c1-2-3-14-27-32-30(31)38(35-27)20-21-15-17-24(18-16-21)39-26(23-12-8-5-9-13-23)19-25(22-10-6-4-7-11-22)28(39)29-33-36-37-34-29/h15-19,22-23H,2-14,20H2,1H3,(H,33,34,36,37). The largest absolute Gasteiger partial charge is 0.310 e. The second-order valence-corrected chi connectivity index (χ2v) is 11.7. The summed E-state index contributed by atoms with van der Waals surface area (Å²) in [6, 6.07) is 11.3. The van der Waals surface area contributed by atoms with Gasteiger partial charge in [0.2, 0.25) is 11.1 Å². The maximum atomic E-state index is 6.42. The molecule has 0 bridgehead atoms. The van der Waals surface area contributed by atoms with E-state index >= 15 is 0 Å². The number of H-pyrrole nitrogens is 1. The molecule has 0 unspecified atom stereocenters. The summed E-state index contributed by atoms with van der Waals surface area (Å²) in [7, 11) is 0. The second-order valence-electron chi connectivity index (χ2n) is 11.3. The van der Waals surface area contributed by atoms with E-state index < -0.39 is 0 Å². The molecule has 0 amide bonds. The van der Waals surface area contributed by atoms with Crippen LogP contribution in [0.3, 0.4) is 0 Å². The van der Waals surface area contributed by atoms with Gasteiger partial charge in [0.1, 0.15) is 0 Å². The van der Waals surface area contributed by atoms with Gasteiger partial charge in [0.25, 0.3) is 0 Å². The van der Waals surface area contributed by atoms with Gasteiger partial charge in [0, 0.05) is 17.8 Å². The van der Waals surface area contributed by atoms with E-state index in [0.717, 1.165) is 42.0 Å². The first-order valence-corrected chi connectivity index (χ1v) is 15.3. The Morgan fingerprint density at radius 3 is 2.33 bits per heavy atom. The third kappa shape index (κ3) is 5.67. The molecule has 3 aromatic heterocycles. The molecule has 2 aliphatic carbocycles. The predicted molar refractivity (Wildman–Crippen MR) is 153 cm³/mol. The van der Waals surface area contributed by atoms with Crippen molar-refractivity contribution in [2.75, 3.05) is 0 Å². The number of tetrazole rings is 1. The average molecular weight is 547 g/mol. The number of rotatable bonds is 9. The van der Waals surface area contributed by atoms with E-state index in [9.17, 15) is 0 Å². The molecule has 2 fully saturated rings. The van der Waals surface area contributed by atoms with Crippen molar-refractivity contribution in [3.8, 4) is 17.2 Å². The summed E-state index contributed by atoms with van der Waals surface area (Å²) in [4.78, 5) is 4.45. The number of halogens is 1. The summed E-state index contributed by atoms with van der Waals surface area (Å²) in [5.74, 6) is 2.61. The zero-order valence-corrected chi connectivity index (χ0v) is 23.7. The van der Waals surface area contributed by atoms with E-state index in [1.165, 1.54) is 75.5 Å². The molecule has 0 saturated heterocycles. The maximum Gasteiger partial charge on any atom is 0.221 e. The van der Waals surface area contributed by atoms with Crippen molar-refractivity contribution < 1.29 is 0 Å². The number of aromatic amines is 1. The highest BCUT2D eigenvalue weighted by atomic mass is 35.5. The monoisotopic (exact) mass is 546 g/mol. The lowest BCUT2D eigenvalue weighted by atomic mass is 9.82. The molecule has 1 N–H and O–H groups in total. The van der Waals surface area contributed by atoms with Crippen molar-refractivity contribution in [2.24, 2.45) is 0 Å². The molecule has 0 radical (unpaired) electrons. The molecule has 0 spiro atoms. The highest BCUT2D eigenvalue weighted by molar-refractivity contribution is 6.28. The Hall–Kier alpha value is -3.00. The highest BCUT2D eigenvalue weighted by Gasteiger charge is 2.30. The van der Waals surface area contributed by atoms with Gasteiger partial charge in [-0.15, -0.1) is 10.2 Å². The third-order valence-corrected chi connectivity index (χ3v) is 8.92. The van der Waals surface area contributed by atoms with Crippen LogP contribution in [0.25, 0.3) is 17.2 Å². The number of nitrogens with one attached hydrogen (secondary N) is 1. The van der Waals surface area contributed by atoms with Gasteiger partial charge in [-0.25, -0.2) is 9.67 Å². The van der Waals surface area contributed by atoms with E-state index in [4.69, 9.17) is 11.6 Å². The Kier molecular flexibility index (Phi) is 8.09. The van der Waals surface area contributed by atoms with E-state index in [-0.39, 0.29) is 0 Å². The molecule has 0 atom stereocenters. The normalized spacial score (nSPS) is 17.2. The minimum atomic E-state index is 0.451. The van der Waals surface area contributed by atoms with E-state index in [0.29, 0.717) is 29.5 Å². The van der Waals surface area contributed by atoms with Crippen LogP contribution in [0.4, 0.5) is 0 Å². The lowest BCUT2D eigenvalue weighted by Crippen LogP contribution is -2.11. The van der Waals surface area contributed by atoms with Crippen LogP contribution in [-0.4, -0.2) is 40.0 Å². The third-order valence-electron chi connectivity index (χ3n) is 8.64. The fourth-order valence-corrected chi connectivity index (χ4v) is 6.77. The molecule has 3 heterocycles. The minimum absolute atomic E-state index is 0.451. The van der Waals surface area contributed by atoms with Crippen LogP contribution in [0, 0.1) is 0 Å². The molecular weight excluding hydrogens is 508 g/mol. The molecule has 1 aromatic carbocycles. The lowest BCUT2D eigenvalue weighted by molar-refractivity contribution is 0.432. The van der Waals surface area contributed by atoms with Crippen molar-refractivity contribution in [1.29, 1.82) is 0 Å². The highest BCUT2D eigenvalue weighted by Crippen LogP contribution is 2.44. The minimum Gasteiger partial charge on any atom is -0.310 e. The summed E-state index contributed by atoms with van der Waals surface area (Å²) in [6.07, 6.45) is 15.8. The number of nitrogens with zero attached hydrogens (tertiary/aromatic N) is 7. The SMILES string of the molecule is CCCCc1nc(Cl)n(Cc2ccc(-n3c(C4CCCCC4)cc(C4CCCCC4)c3-c3nn[nH]n3)cc2)n1. The van der Waals surface area contributed by atoms with Crippen LogP contribution in [-0.2, 0) is 13.0 Å². The van der Waals surface area contributed by atoms with Gasteiger partial charge < -0.3 is 4.57 Å². The van der Waals surface area contributed by atoms with Gasteiger partial charge in [-0.3, -0.25) is 0 Å². The number of hydrogen-bond acceptors (Lipinski definition) is 5. The van der Waals surface area contributed by atoms with Crippen molar-refractivity contribution >= 4 is 11.6 Å². The van der Waals surface area contributed by atoms with Crippen molar-refractivity contribution in [3.05, 3.63) is 58.3 Å². The number of benzene rings is 1. The molecule has 39 heavy (non-hydrogen) atoms. The van der Waals surface area contributed by atoms with Gasteiger partial charge in [0.05, 0.1) is 12.2 Å². The van der Waals surface area contributed by atoms with Crippen LogP contribution in [0.5, 0.6) is 0 Å². The zero-order valence-electron chi connectivity index (χ0n) is 22.9. The van der Waals surface area contributed by atoms with Crippen LogP contribution in [0.2, 0.25) is 5.28 Å². The smallest absolute Gasteiger partial charge is 0.221 e. The first-order chi connectivity index (χ1) is 19.2. The number of hydrogen-bond donors (Lipinski definition) is 1. The van der Waals surface area contributed by atoms with Crippen molar-refractivity contribution in [1.82, 2.24) is 40.0 Å². The quantitative estimate of drug-likeness (QED) is 0.236. The molecule has 2 aliphatic rings. The molecule has 2 saturated carbocycles. The van der Waals surface area contributed by atoms with E-state index in [1.54, 1.807) is 4.68 Å². The first kappa shape index (κ1) is 26.2. The fraction of sp³-hybridized carbons (Fsp3) is 0.567. The van der Waals surface area contributed by atoms with Gasteiger partial charge in [-0.05, 0) is 90.1 Å². The Morgan fingerprint density at radius 1 is 0.949 bits per heavy atom. The van der Waals surface area contributed by atoms with Crippen LogP contribution in [0.15, 0.2) is 30.3 Å². The molecule has 9 heteroatoms. The Labute approximate surface area is 235 Å². The topological polar surface area (TPSA) is 90.1 Å². The Bertz CT molecular complexity index is 1340. The number of aromatic nitrogens is 8. The van der Waals surface area contributed by atoms with Gasteiger partial charge in [0.15, 0.2) is 5.82 Å². The van der Waals surface area contributed by atoms with Crippen LogP contribution >= 0.6 is 11.6 Å². The molecule has 4 aromatic rings. The molecule has 206 valence electrons. The number of aryl methyl sites for hydroxylation is 1. The zero-order chi connectivity index (χ0) is 26.6. The van der Waals surface area contributed by atoms with Gasteiger partial charge >= 0.3 is 0 Å². The summed E-state index contributed by atoms with van der Waals surface area (Å²) >= 11 is 6.42. The summed E-state index contributed by atoms with van der Waals surface area (Å²) in [5.41, 5.74) is 6.21. The first-order valence-electron chi connectivity index (χ1n) is 14.9. The average Bonchev–Trinajstić information content (AvgIpc) is 3.72. The molecule has 0 aliphatic heterocycles. The Morgan fingerprint density at radius 2 is 1.67 bits per heavy atom. The summed E-state index contributed by atoms with van der Waals surface area (Å²) in [5, 5.41) is 20.7. The van der Waals surface area contributed by atoms with Crippen LogP contribution in [0.1, 0.15) is 118 Å². The van der Waals surface area contributed by atoms with Gasteiger partial charge in [-0.2, -0.15) is 10.3 Å². The van der Waals surface area contributed by atoms with Crippen molar-refractivity contribution in [2.45, 2.75) is 109 Å².